The van der Waals surface area contributed by atoms with Crippen LogP contribution >= 0.6 is 0 Å². The van der Waals surface area contributed by atoms with Crippen molar-refractivity contribution in [1.29, 1.82) is 0 Å². The van der Waals surface area contributed by atoms with Gasteiger partial charge in [-0.1, -0.05) is 43.3 Å². The highest BCUT2D eigenvalue weighted by molar-refractivity contribution is 5.70. The largest absolute Gasteiger partial charge is 0.481 e. The number of fused-ring (bicyclic) bond motifs is 1. The Labute approximate surface area is 182 Å². The third-order valence-electron chi connectivity index (χ3n) is 5.59. The topological polar surface area (TPSA) is 99.2 Å². The number of pyridine rings is 2. The summed E-state index contributed by atoms with van der Waals surface area (Å²) in [4.78, 5) is 19.7. The van der Waals surface area contributed by atoms with E-state index < -0.39 is 5.97 Å². The molecule has 7 heteroatoms. The second-order valence-electron chi connectivity index (χ2n) is 7.93. The Morgan fingerprint density at radius 1 is 1.19 bits per heavy atom. The maximum absolute atomic E-state index is 11.0. The van der Waals surface area contributed by atoms with Gasteiger partial charge in [0.25, 0.3) is 0 Å². The first-order chi connectivity index (χ1) is 15.1. The molecule has 4 rings (SSSR count). The fourth-order valence-electron chi connectivity index (χ4n) is 3.93. The molecule has 0 saturated carbocycles. The number of benzene rings is 1. The minimum absolute atomic E-state index is 0.0162. The van der Waals surface area contributed by atoms with Crippen LogP contribution in [0.25, 0.3) is 0 Å². The first kappa shape index (κ1) is 20.8. The molecule has 0 saturated heterocycles. The molecule has 0 bridgehead atoms. The number of carbonyl (C=O) groups is 1. The van der Waals surface area contributed by atoms with Crippen LogP contribution in [0.15, 0.2) is 67.1 Å². The van der Waals surface area contributed by atoms with Gasteiger partial charge in [-0.25, -0.2) is 4.98 Å². The molecular weight excluding hydrogens is 390 g/mol. The lowest BCUT2D eigenvalue weighted by molar-refractivity contribution is -0.136. The van der Waals surface area contributed by atoms with E-state index in [0.29, 0.717) is 0 Å². The first-order valence-electron chi connectivity index (χ1n) is 10.5. The summed E-state index contributed by atoms with van der Waals surface area (Å²) in [5.74, 6) is 0.188. The summed E-state index contributed by atoms with van der Waals surface area (Å²) in [5, 5.41) is 19.8. The molecule has 1 aromatic carbocycles. The molecule has 3 aromatic rings. The standard InChI is InChI=1S/C24H27N5O2/c1-16(19-10-17(11-22(30)31)13-25-14-19)12-28-23(18-6-3-2-4-7-18)21-15-27-20-8-5-9-26-24(20)29-21/h2-10,13-14,16,21,23,27-28H,11-12,15H2,1H3,(H,26,29)(H,30,31)/t16-,21-,23-/m1/s1. The molecule has 160 valence electrons. The molecule has 0 aliphatic carbocycles. The van der Waals surface area contributed by atoms with Gasteiger partial charge >= 0.3 is 5.97 Å². The maximum Gasteiger partial charge on any atom is 0.307 e. The Bertz CT molecular complexity index is 1030. The zero-order valence-electron chi connectivity index (χ0n) is 17.5. The average molecular weight is 418 g/mol. The van der Waals surface area contributed by atoms with Crippen LogP contribution < -0.4 is 16.0 Å². The lowest BCUT2D eigenvalue weighted by Crippen LogP contribution is -2.45. The van der Waals surface area contributed by atoms with Crippen LogP contribution in [-0.4, -0.2) is 40.2 Å². The van der Waals surface area contributed by atoms with Crippen LogP contribution in [0.3, 0.4) is 0 Å². The number of nitrogens with one attached hydrogen (secondary N) is 3. The lowest BCUT2D eigenvalue weighted by atomic mass is 9.95. The number of aliphatic carboxylic acids is 1. The van der Waals surface area contributed by atoms with Crippen molar-refractivity contribution in [3.63, 3.8) is 0 Å². The molecule has 0 fully saturated rings. The molecule has 1 aliphatic heterocycles. The van der Waals surface area contributed by atoms with Gasteiger partial charge in [-0.2, -0.15) is 0 Å². The Morgan fingerprint density at radius 2 is 2.03 bits per heavy atom. The zero-order valence-corrected chi connectivity index (χ0v) is 17.5. The zero-order chi connectivity index (χ0) is 21.6. The van der Waals surface area contributed by atoms with E-state index in [1.54, 1.807) is 12.4 Å². The van der Waals surface area contributed by atoms with Crippen molar-refractivity contribution in [2.24, 2.45) is 0 Å². The Kier molecular flexibility index (Phi) is 6.43. The fraction of sp³-hybridized carbons (Fsp3) is 0.292. The second-order valence-corrected chi connectivity index (χ2v) is 7.93. The molecule has 0 unspecified atom stereocenters. The van der Waals surface area contributed by atoms with E-state index in [2.05, 4.69) is 57.1 Å². The molecule has 0 amide bonds. The summed E-state index contributed by atoms with van der Waals surface area (Å²) in [6.07, 6.45) is 5.21. The highest BCUT2D eigenvalue weighted by Crippen LogP contribution is 2.29. The molecule has 4 N–H and O–H groups in total. The molecule has 3 heterocycles. The monoisotopic (exact) mass is 417 g/mol. The van der Waals surface area contributed by atoms with Crippen molar-refractivity contribution in [2.75, 3.05) is 23.7 Å². The van der Waals surface area contributed by atoms with E-state index in [9.17, 15) is 4.79 Å². The number of rotatable bonds is 8. The fourth-order valence-corrected chi connectivity index (χ4v) is 3.93. The smallest absolute Gasteiger partial charge is 0.307 e. The lowest BCUT2D eigenvalue weighted by Gasteiger charge is -2.35. The summed E-state index contributed by atoms with van der Waals surface area (Å²) in [5.41, 5.74) is 3.96. The van der Waals surface area contributed by atoms with Gasteiger partial charge < -0.3 is 21.1 Å². The predicted molar refractivity (Wildman–Crippen MR) is 121 cm³/mol. The van der Waals surface area contributed by atoms with Gasteiger partial charge in [0.2, 0.25) is 0 Å². The van der Waals surface area contributed by atoms with Crippen molar-refractivity contribution < 1.29 is 9.90 Å². The number of hydrogen-bond donors (Lipinski definition) is 4. The molecule has 31 heavy (non-hydrogen) atoms. The van der Waals surface area contributed by atoms with E-state index >= 15 is 0 Å². The SMILES string of the molecule is C[C@H](CN[C@H](c1ccccc1)[C@H]1CNc2cccnc2N1)c1cncc(CC(=O)O)c1. The molecule has 0 radical (unpaired) electrons. The molecule has 2 aromatic heterocycles. The third kappa shape index (κ3) is 5.19. The van der Waals surface area contributed by atoms with Crippen molar-refractivity contribution in [3.05, 3.63) is 83.8 Å². The normalized spacial score (nSPS) is 17.0. The quantitative estimate of drug-likeness (QED) is 0.446. The van der Waals surface area contributed by atoms with Crippen molar-refractivity contribution >= 4 is 17.5 Å². The summed E-state index contributed by atoms with van der Waals surface area (Å²) in [6, 6.07) is 16.5. The second kappa shape index (κ2) is 9.57. The summed E-state index contributed by atoms with van der Waals surface area (Å²) < 4.78 is 0. The minimum atomic E-state index is -0.848. The van der Waals surface area contributed by atoms with Crippen molar-refractivity contribution in [1.82, 2.24) is 15.3 Å². The van der Waals surface area contributed by atoms with Crippen LogP contribution in [0, 0.1) is 0 Å². The highest BCUT2D eigenvalue weighted by Gasteiger charge is 2.27. The Balaban J connectivity index is 1.49. The molecular formula is C24H27N5O2. The number of anilines is 2. The molecule has 0 spiro atoms. The number of hydrogen-bond acceptors (Lipinski definition) is 6. The third-order valence-corrected chi connectivity index (χ3v) is 5.59. The number of nitrogens with zero attached hydrogens (tertiary/aromatic N) is 2. The van der Waals surface area contributed by atoms with E-state index in [4.69, 9.17) is 5.11 Å². The first-order valence-corrected chi connectivity index (χ1v) is 10.5. The van der Waals surface area contributed by atoms with Gasteiger partial charge in [0.1, 0.15) is 5.82 Å². The van der Waals surface area contributed by atoms with Crippen LogP contribution in [0.5, 0.6) is 0 Å². The van der Waals surface area contributed by atoms with Gasteiger partial charge in [-0.05, 0) is 34.7 Å². The highest BCUT2D eigenvalue weighted by atomic mass is 16.4. The molecule has 3 atom stereocenters. The number of carboxylic acids is 1. The van der Waals surface area contributed by atoms with Crippen LogP contribution in [0.2, 0.25) is 0 Å². The van der Waals surface area contributed by atoms with E-state index in [0.717, 1.165) is 35.7 Å². The van der Waals surface area contributed by atoms with Gasteiger partial charge in [0.15, 0.2) is 0 Å². The van der Waals surface area contributed by atoms with Crippen LogP contribution in [-0.2, 0) is 11.2 Å². The molecule has 7 nitrogen and oxygen atoms in total. The van der Waals surface area contributed by atoms with E-state index in [1.807, 2.05) is 30.5 Å². The number of carboxylic acid groups (broad SMARTS) is 1. The van der Waals surface area contributed by atoms with Crippen LogP contribution in [0.1, 0.15) is 35.6 Å². The van der Waals surface area contributed by atoms with Crippen molar-refractivity contribution in [3.8, 4) is 0 Å². The van der Waals surface area contributed by atoms with E-state index in [-0.39, 0.29) is 24.4 Å². The van der Waals surface area contributed by atoms with Gasteiger partial charge in [0.05, 0.1) is 24.2 Å². The number of aromatic nitrogens is 2. The van der Waals surface area contributed by atoms with Gasteiger partial charge in [-0.15, -0.1) is 0 Å². The Hall–Kier alpha value is -3.45. The van der Waals surface area contributed by atoms with E-state index in [1.165, 1.54) is 5.56 Å². The summed E-state index contributed by atoms with van der Waals surface area (Å²) in [7, 11) is 0. The van der Waals surface area contributed by atoms with Gasteiger partial charge in [-0.3, -0.25) is 9.78 Å². The Morgan fingerprint density at radius 3 is 2.84 bits per heavy atom. The molecule has 1 aliphatic rings. The van der Waals surface area contributed by atoms with Crippen LogP contribution in [0.4, 0.5) is 11.5 Å². The van der Waals surface area contributed by atoms with Crippen molar-refractivity contribution in [2.45, 2.75) is 31.3 Å². The predicted octanol–water partition coefficient (Wildman–Crippen LogP) is 3.44. The summed E-state index contributed by atoms with van der Waals surface area (Å²) >= 11 is 0. The maximum atomic E-state index is 11.0. The van der Waals surface area contributed by atoms with Gasteiger partial charge in [0, 0.05) is 31.7 Å². The average Bonchev–Trinajstić information content (AvgIpc) is 2.79. The summed E-state index contributed by atoms with van der Waals surface area (Å²) in [6.45, 7) is 3.63. The minimum Gasteiger partial charge on any atom is -0.481 e.